The summed E-state index contributed by atoms with van der Waals surface area (Å²) in [6.07, 6.45) is 1.50. The highest BCUT2D eigenvalue weighted by Gasteiger charge is 2.14. The van der Waals surface area contributed by atoms with Crippen LogP contribution < -0.4 is 14.9 Å². The summed E-state index contributed by atoms with van der Waals surface area (Å²) >= 11 is 5.81. The number of sulfonamides is 1. The minimum absolute atomic E-state index is 0.0799. The molecule has 0 radical (unpaired) electrons. The number of benzene rings is 4. The number of hydrogen-bond acceptors (Lipinski definition) is 5. The van der Waals surface area contributed by atoms with Crippen LogP contribution in [0.5, 0.6) is 11.5 Å². The quantitative estimate of drug-likeness (QED) is 0.237. The molecule has 1 amide bonds. The highest BCUT2D eigenvalue weighted by Crippen LogP contribution is 2.21. The molecular weight excluding hydrogens is 486 g/mol. The average Bonchev–Trinajstić information content (AvgIpc) is 2.85. The summed E-state index contributed by atoms with van der Waals surface area (Å²) in [6.45, 7) is 0. The van der Waals surface area contributed by atoms with Gasteiger partial charge in [-0.1, -0.05) is 41.9 Å². The predicted octanol–water partition coefficient (Wildman–Crippen LogP) is 5.70. The Morgan fingerprint density at radius 2 is 1.51 bits per heavy atom. The maximum atomic E-state index is 12.5. The molecule has 0 bridgehead atoms. The molecule has 0 aromatic heterocycles. The zero-order valence-corrected chi connectivity index (χ0v) is 19.8. The van der Waals surface area contributed by atoms with Gasteiger partial charge in [0.25, 0.3) is 15.9 Å². The van der Waals surface area contributed by atoms with E-state index in [1.54, 1.807) is 6.07 Å². The third kappa shape index (κ3) is 6.69. The SMILES string of the molecule is O=C(N/N=C/c1cccc(Oc2ccccc2)c1)c1ccc(NS(=O)(=O)c2ccc(Cl)cc2)cc1. The van der Waals surface area contributed by atoms with Crippen LogP contribution in [0.2, 0.25) is 5.02 Å². The summed E-state index contributed by atoms with van der Waals surface area (Å²) < 4.78 is 33.2. The number of ether oxygens (including phenoxy) is 1. The summed E-state index contributed by atoms with van der Waals surface area (Å²) in [5.41, 5.74) is 3.83. The molecule has 0 saturated carbocycles. The minimum Gasteiger partial charge on any atom is -0.457 e. The van der Waals surface area contributed by atoms with Crippen LogP contribution in [0.15, 0.2) is 113 Å². The standard InChI is InChI=1S/C26H20ClN3O4S/c27-21-11-15-25(16-12-21)35(32,33)30-22-13-9-20(10-14-22)26(31)29-28-18-19-5-4-8-24(17-19)34-23-6-2-1-3-7-23/h1-18,30H,(H,29,31)/b28-18+. The van der Waals surface area contributed by atoms with Gasteiger partial charge in [-0.25, -0.2) is 13.8 Å². The van der Waals surface area contributed by atoms with E-state index < -0.39 is 15.9 Å². The van der Waals surface area contributed by atoms with Crippen molar-refractivity contribution >= 4 is 39.4 Å². The molecule has 4 aromatic carbocycles. The van der Waals surface area contributed by atoms with Gasteiger partial charge in [0, 0.05) is 16.3 Å². The van der Waals surface area contributed by atoms with E-state index in [1.165, 1.54) is 54.7 Å². The summed E-state index contributed by atoms with van der Waals surface area (Å²) in [4.78, 5) is 12.5. The molecule has 0 aliphatic rings. The lowest BCUT2D eigenvalue weighted by Gasteiger charge is -2.09. The Balaban J connectivity index is 1.35. The van der Waals surface area contributed by atoms with Gasteiger partial charge in [0.1, 0.15) is 11.5 Å². The van der Waals surface area contributed by atoms with Gasteiger partial charge in [-0.3, -0.25) is 9.52 Å². The molecule has 4 aromatic rings. The third-order valence-corrected chi connectivity index (χ3v) is 6.39. The van der Waals surface area contributed by atoms with E-state index in [-0.39, 0.29) is 4.90 Å². The largest absolute Gasteiger partial charge is 0.457 e. The van der Waals surface area contributed by atoms with E-state index in [9.17, 15) is 13.2 Å². The van der Waals surface area contributed by atoms with Crippen molar-refractivity contribution in [3.8, 4) is 11.5 Å². The van der Waals surface area contributed by atoms with Crippen molar-refractivity contribution in [3.05, 3.63) is 119 Å². The molecule has 0 saturated heterocycles. The van der Waals surface area contributed by atoms with Crippen LogP contribution in [-0.4, -0.2) is 20.5 Å². The lowest BCUT2D eigenvalue weighted by atomic mass is 10.2. The number of hydrazone groups is 1. The van der Waals surface area contributed by atoms with Crippen LogP contribution in [0.25, 0.3) is 0 Å². The lowest BCUT2D eigenvalue weighted by Crippen LogP contribution is -2.18. The Morgan fingerprint density at radius 3 is 2.23 bits per heavy atom. The van der Waals surface area contributed by atoms with Gasteiger partial charge in [0.05, 0.1) is 11.1 Å². The number of carbonyl (C=O) groups is 1. The third-order valence-electron chi connectivity index (χ3n) is 4.74. The Morgan fingerprint density at radius 1 is 0.829 bits per heavy atom. The number of carbonyl (C=O) groups excluding carboxylic acids is 1. The number of halogens is 1. The molecule has 0 spiro atoms. The minimum atomic E-state index is -3.77. The highest BCUT2D eigenvalue weighted by molar-refractivity contribution is 7.92. The van der Waals surface area contributed by atoms with Crippen molar-refractivity contribution in [1.82, 2.24) is 5.43 Å². The monoisotopic (exact) mass is 505 g/mol. The Bertz CT molecular complexity index is 1440. The first-order valence-corrected chi connectivity index (χ1v) is 12.3. The van der Waals surface area contributed by atoms with Gasteiger partial charge in [-0.05, 0) is 78.4 Å². The highest BCUT2D eigenvalue weighted by atomic mass is 35.5. The zero-order valence-electron chi connectivity index (χ0n) is 18.3. The number of rotatable bonds is 8. The van der Waals surface area contributed by atoms with Crippen molar-refractivity contribution in [3.63, 3.8) is 0 Å². The van der Waals surface area contributed by atoms with Gasteiger partial charge in [0.15, 0.2) is 0 Å². The zero-order chi connectivity index (χ0) is 24.7. The van der Waals surface area contributed by atoms with E-state index in [0.717, 1.165) is 5.56 Å². The summed E-state index contributed by atoms with van der Waals surface area (Å²) in [6, 6.07) is 28.5. The van der Waals surface area contributed by atoms with Crippen LogP contribution in [0.4, 0.5) is 5.69 Å². The number of anilines is 1. The molecule has 35 heavy (non-hydrogen) atoms. The molecule has 0 fully saturated rings. The Hall–Kier alpha value is -4.14. The fraction of sp³-hybridized carbons (Fsp3) is 0. The lowest BCUT2D eigenvalue weighted by molar-refractivity contribution is 0.0955. The average molecular weight is 506 g/mol. The molecule has 0 heterocycles. The number of amides is 1. The molecule has 0 aliphatic carbocycles. The van der Waals surface area contributed by atoms with Crippen LogP contribution in [0.3, 0.4) is 0 Å². The van der Waals surface area contributed by atoms with Crippen molar-refractivity contribution in [2.75, 3.05) is 4.72 Å². The maximum Gasteiger partial charge on any atom is 0.271 e. The van der Waals surface area contributed by atoms with E-state index in [0.29, 0.717) is 27.8 Å². The van der Waals surface area contributed by atoms with E-state index >= 15 is 0 Å². The number of para-hydroxylation sites is 1. The van der Waals surface area contributed by atoms with Gasteiger partial charge in [-0.15, -0.1) is 0 Å². The van der Waals surface area contributed by atoms with Gasteiger partial charge in [-0.2, -0.15) is 5.10 Å². The summed E-state index contributed by atoms with van der Waals surface area (Å²) in [5.74, 6) is 0.918. The molecular formula is C26H20ClN3O4S. The van der Waals surface area contributed by atoms with E-state index in [4.69, 9.17) is 16.3 Å². The van der Waals surface area contributed by atoms with Gasteiger partial charge < -0.3 is 4.74 Å². The second-order valence-electron chi connectivity index (χ2n) is 7.32. The molecule has 0 unspecified atom stereocenters. The van der Waals surface area contributed by atoms with Crippen molar-refractivity contribution in [2.45, 2.75) is 4.90 Å². The maximum absolute atomic E-state index is 12.5. The number of nitrogens with zero attached hydrogens (tertiary/aromatic N) is 1. The van der Waals surface area contributed by atoms with Crippen LogP contribution >= 0.6 is 11.6 Å². The number of nitrogens with one attached hydrogen (secondary N) is 2. The summed E-state index contributed by atoms with van der Waals surface area (Å²) in [5, 5.41) is 4.43. The molecule has 0 atom stereocenters. The first-order valence-electron chi connectivity index (χ1n) is 10.4. The van der Waals surface area contributed by atoms with E-state index in [2.05, 4.69) is 15.2 Å². The molecule has 7 nitrogen and oxygen atoms in total. The van der Waals surface area contributed by atoms with Crippen LogP contribution in [0, 0.1) is 0 Å². The molecule has 9 heteroatoms. The Labute approximate surface area is 208 Å². The number of hydrogen-bond donors (Lipinski definition) is 2. The van der Waals surface area contributed by atoms with Crippen molar-refractivity contribution < 1.29 is 17.9 Å². The normalized spacial score (nSPS) is 11.2. The second kappa shape index (κ2) is 10.9. The smallest absolute Gasteiger partial charge is 0.271 e. The van der Waals surface area contributed by atoms with Crippen molar-refractivity contribution in [1.29, 1.82) is 0 Å². The summed E-state index contributed by atoms with van der Waals surface area (Å²) in [7, 11) is -3.77. The molecule has 2 N–H and O–H groups in total. The van der Waals surface area contributed by atoms with Gasteiger partial charge in [0.2, 0.25) is 0 Å². The molecule has 0 aliphatic heterocycles. The molecule has 176 valence electrons. The predicted molar refractivity (Wildman–Crippen MR) is 137 cm³/mol. The Kier molecular flexibility index (Phi) is 7.45. The van der Waals surface area contributed by atoms with Gasteiger partial charge >= 0.3 is 0 Å². The van der Waals surface area contributed by atoms with Crippen LogP contribution in [0.1, 0.15) is 15.9 Å². The van der Waals surface area contributed by atoms with Crippen molar-refractivity contribution in [2.24, 2.45) is 5.10 Å². The second-order valence-corrected chi connectivity index (χ2v) is 9.44. The molecule has 4 rings (SSSR count). The first-order chi connectivity index (χ1) is 16.9. The topological polar surface area (TPSA) is 96.9 Å². The fourth-order valence-corrected chi connectivity index (χ4v) is 4.22. The van der Waals surface area contributed by atoms with Crippen LogP contribution in [-0.2, 0) is 10.0 Å². The fourth-order valence-electron chi connectivity index (χ4n) is 3.03. The first kappa shape index (κ1) is 24.0. The van der Waals surface area contributed by atoms with E-state index in [1.807, 2.05) is 48.5 Å².